The van der Waals surface area contributed by atoms with Gasteiger partial charge in [0.05, 0.1) is 30.8 Å². The molecule has 0 atom stereocenters. The van der Waals surface area contributed by atoms with E-state index in [4.69, 9.17) is 9.47 Å². The average molecular weight is 306 g/mol. The highest BCUT2D eigenvalue weighted by Crippen LogP contribution is 2.34. The predicted molar refractivity (Wildman–Crippen MR) is 79.9 cm³/mol. The smallest absolute Gasteiger partial charge is 0.278 e. The molecule has 7 heteroatoms. The fourth-order valence-electron chi connectivity index (χ4n) is 2.02. The first kappa shape index (κ1) is 15.6. The summed E-state index contributed by atoms with van der Waals surface area (Å²) in [6.07, 6.45) is 0. The van der Waals surface area contributed by atoms with Crippen molar-refractivity contribution in [1.29, 1.82) is 0 Å². The Bertz CT molecular complexity index is 691. The van der Waals surface area contributed by atoms with Crippen molar-refractivity contribution in [2.75, 3.05) is 19.5 Å². The molecule has 2 aromatic carbocycles. The van der Waals surface area contributed by atoms with Crippen molar-refractivity contribution in [3.63, 3.8) is 0 Å². The molecule has 2 aromatic rings. The van der Waals surface area contributed by atoms with Crippen molar-refractivity contribution in [2.45, 2.75) is 6.54 Å². The highest BCUT2D eigenvalue weighted by molar-refractivity contribution is 5.55. The van der Waals surface area contributed by atoms with Gasteiger partial charge in [0, 0.05) is 12.2 Å². The summed E-state index contributed by atoms with van der Waals surface area (Å²) in [4.78, 5) is 10.7. The van der Waals surface area contributed by atoms with Gasteiger partial charge in [-0.25, -0.2) is 4.39 Å². The number of hydrogen-bond acceptors (Lipinski definition) is 5. The average Bonchev–Trinajstić information content (AvgIpc) is 2.51. The molecule has 0 amide bonds. The zero-order valence-corrected chi connectivity index (χ0v) is 12.1. The molecule has 0 saturated carbocycles. The first-order valence-electron chi connectivity index (χ1n) is 6.44. The molecular formula is C15H15FN2O4. The minimum atomic E-state index is -0.495. The van der Waals surface area contributed by atoms with Crippen molar-refractivity contribution < 1.29 is 18.8 Å². The molecule has 0 aliphatic heterocycles. The van der Waals surface area contributed by atoms with Gasteiger partial charge in [-0.2, -0.15) is 0 Å². The molecule has 6 nitrogen and oxygen atoms in total. The van der Waals surface area contributed by atoms with Crippen LogP contribution in [-0.2, 0) is 6.54 Å². The van der Waals surface area contributed by atoms with Crippen LogP contribution in [0, 0.1) is 15.9 Å². The first-order chi connectivity index (χ1) is 10.5. The maximum Gasteiger partial charge on any atom is 0.278 e. The third-order valence-corrected chi connectivity index (χ3v) is 3.09. The number of nitrogens with zero attached hydrogens (tertiary/aromatic N) is 1. The fraction of sp³-hybridized carbons (Fsp3) is 0.200. The third-order valence-electron chi connectivity index (χ3n) is 3.09. The van der Waals surface area contributed by atoms with E-state index < -0.39 is 4.92 Å². The number of nitrogens with one attached hydrogen (secondary N) is 1. The Labute approximate surface area is 126 Å². The van der Waals surface area contributed by atoms with E-state index in [1.165, 1.54) is 38.5 Å². The first-order valence-corrected chi connectivity index (χ1v) is 6.44. The summed E-state index contributed by atoms with van der Waals surface area (Å²) in [5, 5.41) is 14.1. The van der Waals surface area contributed by atoms with Gasteiger partial charge < -0.3 is 14.8 Å². The van der Waals surface area contributed by atoms with Crippen molar-refractivity contribution in [1.82, 2.24) is 0 Å². The maximum absolute atomic E-state index is 13.1. The number of anilines is 1. The molecule has 1 N–H and O–H groups in total. The highest BCUT2D eigenvalue weighted by Gasteiger charge is 2.19. The molecular weight excluding hydrogens is 291 g/mol. The lowest BCUT2D eigenvalue weighted by Gasteiger charge is -2.12. The molecule has 0 spiro atoms. The molecule has 0 aromatic heterocycles. The van der Waals surface area contributed by atoms with Gasteiger partial charge in [0.15, 0.2) is 11.5 Å². The zero-order chi connectivity index (χ0) is 16.1. The van der Waals surface area contributed by atoms with Gasteiger partial charge in [-0.1, -0.05) is 6.07 Å². The second-order valence-corrected chi connectivity index (χ2v) is 4.46. The van der Waals surface area contributed by atoms with Crippen LogP contribution in [0.3, 0.4) is 0 Å². The summed E-state index contributed by atoms with van der Waals surface area (Å²) in [6, 6.07) is 8.71. The normalized spacial score (nSPS) is 10.1. The number of nitro groups is 1. The van der Waals surface area contributed by atoms with Gasteiger partial charge >= 0.3 is 0 Å². The number of hydrogen-bond donors (Lipinski definition) is 1. The topological polar surface area (TPSA) is 73.6 Å². The molecule has 116 valence electrons. The second kappa shape index (κ2) is 6.75. The van der Waals surface area contributed by atoms with E-state index in [-0.39, 0.29) is 23.8 Å². The van der Waals surface area contributed by atoms with E-state index in [1.54, 1.807) is 12.1 Å². The summed E-state index contributed by atoms with van der Waals surface area (Å²) in [6.45, 7) is 0.153. The molecule has 22 heavy (non-hydrogen) atoms. The lowest BCUT2D eigenvalue weighted by molar-refractivity contribution is -0.385. The quantitative estimate of drug-likeness (QED) is 0.654. The van der Waals surface area contributed by atoms with Crippen molar-refractivity contribution in [2.24, 2.45) is 0 Å². The fourth-order valence-corrected chi connectivity index (χ4v) is 2.02. The summed E-state index contributed by atoms with van der Waals surface area (Å²) in [5.41, 5.74) is 0.845. The Morgan fingerprint density at radius 2 is 1.86 bits per heavy atom. The second-order valence-electron chi connectivity index (χ2n) is 4.46. The van der Waals surface area contributed by atoms with Crippen LogP contribution in [-0.4, -0.2) is 19.1 Å². The zero-order valence-electron chi connectivity index (χ0n) is 12.1. The summed E-state index contributed by atoms with van der Waals surface area (Å²) in [5.74, 6) is 0.291. The van der Waals surface area contributed by atoms with Crippen molar-refractivity contribution in [3.8, 4) is 11.5 Å². The minimum Gasteiger partial charge on any atom is -0.493 e. The summed E-state index contributed by atoms with van der Waals surface area (Å²) in [7, 11) is 2.86. The number of methoxy groups -OCH3 is 2. The molecule has 2 rings (SSSR count). The molecule has 0 heterocycles. The lowest BCUT2D eigenvalue weighted by Crippen LogP contribution is -2.05. The Balaban J connectivity index is 2.30. The number of halogens is 1. The standard InChI is InChI=1S/C15H15FN2O4/c1-21-14-6-10(13(18(19)20)8-15(14)22-2)9-17-12-5-3-4-11(16)7-12/h3-8,17H,9H2,1-2H3. The Morgan fingerprint density at radius 3 is 2.45 bits per heavy atom. The van der Waals surface area contributed by atoms with Crippen molar-refractivity contribution >= 4 is 11.4 Å². The van der Waals surface area contributed by atoms with Crippen LogP contribution in [0.1, 0.15) is 5.56 Å². The van der Waals surface area contributed by atoms with Crippen LogP contribution in [0.25, 0.3) is 0 Å². The molecule has 0 fully saturated rings. The van der Waals surface area contributed by atoms with Crippen LogP contribution in [0.2, 0.25) is 0 Å². The van der Waals surface area contributed by atoms with E-state index in [0.29, 0.717) is 17.0 Å². The molecule has 0 aliphatic carbocycles. The van der Waals surface area contributed by atoms with E-state index in [2.05, 4.69) is 5.32 Å². The molecule has 0 unspecified atom stereocenters. The van der Waals surface area contributed by atoms with E-state index in [9.17, 15) is 14.5 Å². The van der Waals surface area contributed by atoms with E-state index in [0.717, 1.165) is 0 Å². The molecule has 0 aliphatic rings. The maximum atomic E-state index is 13.1. The highest BCUT2D eigenvalue weighted by atomic mass is 19.1. The Kier molecular flexibility index (Phi) is 4.77. The summed E-state index contributed by atoms with van der Waals surface area (Å²) >= 11 is 0. The molecule has 0 radical (unpaired) electrons. The van der Waals surface area contributed by atoms with Crippen molar-refractivity contribution in [3.05, 3.63) is 57.9 Å². The molecule has 0 bridgehead atoms. The summed E-state index contributed by atoms with van der Waals surface area (Å²) < 4.78 is 23.3. The van der Waals surface area contributed by atoms with E-state index in [1.807, 2.05) is 0 Å². The van der Waals surface area contributed by atoms with Gasteiger partial charge in [0.2, 0.25) is 0 Å². The third kappa shape index (κ3) is 3.43. The van der Waals surface area contributed by atoms with Crippen LogP contribution in [0.5, 0.6) is 11.5 Å². The van der Waals surface area contributed by atoms with Crippen LogP contribution >= 0.6 is 0 Å². The largest absolute Gasteiger partial charge is 0.493 e. The predicted octanol–water partition coefficient (Wildman–Crippen LogP) is 3.36. The van der Waals surface area contributed by atoms with Crippen LogP contribution < -0.4 is 14.8 Å². The minimum absolute atomic E-state index is 0.0958. The Hall–Kier alpha value is -2.83. The lowest BCUT2D eigenvalue weighted by atomic mass is 10.1. The van der Waals surface area contributed by atoms with Gasteiger partial charge in [0.25, 0.3) is 5.69 Å². The molecule has 0 saturated heterocycles. The van der Waals surface area contributed by atoms with Crippen LogP contribution in [0.15, 0.2) is 36.4 Å². The number of benzene rings is 2. The van der Waals surface area contributed by atoms with Gasteiger partial charge in [-0.05, 0) is 24.3 Å². The Morgan fingerprint density at radius 1 is 1.18 bits per heavy atom. The van der Waals surface area contributed by atoms with Gasteiger partial charge in [-0.15, -0.1) is 0 Å². The van der Waals surface area contributed by atoms with Crippen LogP contribution in [0.4, 0.5) is 15.8 Å². The van der Waals surface area contributed by atoms with E-state index >= 15 is 0 Å². The SMILES string of the molecule is COc1cc(CNc2cccc(F)c2)c([N+](=O)[O-])cc1OC. The number of rotatable bonds is 6. The van der Waals surface area contributed by atoms with Gasteiger partial charge in [-0.3, -0.25) is 10.1 Å². The monoisotopic (exact) mass is 306 g/mol. The number of ether oxygens (including phenoxy) is 2. The number of nitro benzene ring substituents is 1. The van der Waals surface area contributed by atoms with Gasteiger partial charge in [0.1, 0.15) is 5.82 Å².